The van der Waals surface area contributed by atoms with Gasteiger partial charge in [-0.2, -0.15) is 0 Å². The van der Waals surface area contributed by atoms with Gasteiger partial charge in [0.1, 0.15) is 5.69 Å². The molecule has 0 aliphatic carbocycles. The Balaban J connectivity index is 2.20. The first-order chi connectivity index (χ1) is 12.9. The van der Waals surface area contributed by atoms with Crippen molar-refractivity contribution < 1.29 is 9.59 Å². The molecule has 0 atom stereocenters. The minimum Gasteiger partial charge on any atom is -0.340 e. The monoisotopic (exact) mass is 367 g/mol. The van der Waals surface area contributed by atoms with Gasteiger partial charge in [-0.15, -0.1) is 0 Å². The Labute approximate surface area is 162 Å². The molecule has 5 nitrogen and oxygen atoms in total. The highest BCUT2D eigenvalue weighted by atomic mass is 16.2. The molecule has 0 saturated carbocycles. The standard InChI is InChI=1S/C22H29N3O2/c1-5-6-14-24(4)22(27)20-15-19(12-13-23-20)21(26)25(17(2)3)16-18-10-8-7-9-11-18/h7-13,15,17H,5-6,14,16H2,1-4H3. The van der Waals surface area contributed by atoms with Gasteiger partial charge in [0.05, 0.1) is 0 Å². The summed E-state index contributed by atoms with van der Waals surface area (Å²) >= 11 is 0. The van der Waals surface area contributed by atoms with Crippen LogP contribution < -0.4 is 0 Å². The zero-order chi connectivity index (χ0) is 19.8. The van der Waals surface area contributed by atoms with E-state index in [1.54, 1.807) is 29.0 Å². The van der Waals surface area contributed by atoms with Gasteiger partial charge in [-0.1, -0.05) is 43.7 Å². The summed E-state index contributed by atoms with van der Waals surface area (Å²) in [7, 11) is 1.77. The van der Waals surface area contributed by atoms with Gasteiger partial charge in [0.25, 0.3) is 11.8 Å². The molecule has 1 aromatic carbocycles. The van der Waals surface area contributed by atoms with E-state index in [1.165, 1.54) is 6.20 Å². The topological polar surface area (TPSA) is 53.5 Å². The highest BCUT2D eigenvalue weighted by Crippen LogP contribution is 2.14. The lowest BCUT2D eigenvalue weighted by Crippen LogP contribution is -2.36. The molecule has 2 amide bonds. The summed E-state index contributed by atoms with van der Waals surface area (Å²) in [6, 6.07) is 13.2. The number of nitrogens with zero attached hydrogens (tertiary/aromatic N) is 3. The summed E-state index contributed by atoms with van der Waals surface area (Å²) in [5.74, 6) is -0.251. The Hall–Kier alpha value is -2.69. The van der Waals surface area contributed by atoms with Crippen LogP contribution in [0, 0.1) is 0 Å². The molecule has 144 valence electrons. The van der Waals surface area contributed by atoms with E-state index < -0.39 is 0 Å². The normalized spacial score (nSPS) is 10.7. The molecule has 0 bridgehead atoms. The van der Waals surface area contributed by atoms with Gasteiger partial charge in [-0.3, -0.25) is 14.6 Å². The van der Waals surface area contributed by atoms with Gasteiger partial charge in [-0.25, -0.2) is 0 Å². The maximum absolute atomic E-state index is 13.1. The number of rotatable bonds is 8. The van der Waals surface area contributed by atoms with Crippen molar-refractivity contribution in [3.63, 3.8) is 0 Å². The highest BCUT2D eigenvalue weighted by molar-refractivity contribution is 5.98. The lowest BCUT2D eigenvalue weighted by molar-refractivity contribution is 0.0690. The van der Waals surface area contributed by atoms with Crippen LogP contribution in [0.2, 0.25) is 0 Å². The van der Waals surface area contributed by atoms with Crippen molar-refractivity contribution in [1.29, 1.82) is 0 Å². The summed E-state index contributed by atoms with van der Waals surface area (Å²) in [4.78, 5) is 33.3. The van der Waals surface area contributed by atoms with Crippen LogP contribution in [0.15, 0.2) is 48.7 Å². The second-order valence-electron chi connectivity index (χ2n) is 7.02. The molecule has 0 aliphatic heterocycles. The third-order valence-corrected chi connectivity index (χ3v) is 4.50. The smallest absolute Gasteiger partial charge is 0.272 e. The molecule has 0 fully saturated rings. The van der Waals surface area contributed by atoms with Gasteiger partial charge < -0.3 is 9.80 Å². The second-order valence-corrected chi connectivity index (χ2v) is 7.02. The first-order valence-electron chi connectivity index (χ1n) is 9.50. The molecular weight excluding hydrogens is 338 g/mol. The van der Waals surface area contributed by atoms with Gasteiger partial charge in [0.2, 0.25) is 0 Å². The van der Waals surface area contributed by atoms with Gasteiger partial charge in [0.15, 0.2) is 0 Å². The second kappa shape index (κ2) is 9.86. The number of carbonyl (C=O) groups excluding carboxylic acids is 2. The van der Waals surface area contributed by atoms with Crippen molar-refractivity contribution in [1.82, 2.24) is 14.8 Å². The fourth-order valence-electron chi connectivity index (χ4n) is 2.81. The number of aromatic nitrogens is 1. The van der Waals surface area contributed by atoms with Crippen LogP contribution in [0.3, 0.4) is 0 Å². The van der Waals surface area contributed by atoms with E-state index in [9.17, 15) is 9.59 Å². The Kier molecular flexibility index (Phi) is 7.53. The zero-order valence-corrected chi connectivity index (χ0v) is 16.7. The highest BCUT2D eigenvalue weighted by Gasteiger charge is 2.21. The van der Waals surface area contributed by atoms with Crippen LogP contribution >= 0.6 is 0 Å². The first kappa shape index (κ1) is 20.6. The molecule has 5 heteroatoms. The molecule has 0 aliphatic rings. The van der Waals surface area contributed by atoms with Crippen LogP contribution in [0.25, 0.3) is 0 Å². The van der Waals surface area contributed by atoms with Gasteiger partial charge in [-0.05, 0) is 38.0 Å². The number of benzene rings is 1. The molecule has 1 aromatic heterocycles. The third-order valence-electron chi connectivity index (χ3n) is 4.50. The predicted octanol–water partition coefficient (Wildman–Crippen LogP) is 4.00. The number of unbranched alkanes of at least 4 members (excludes halogenated alkanes) is 1. The van der Waals surface area contributed by atoms with Crippen molar-refractivity contribution in [3.05, 3.63) is 65.5 Å². The largest absolute Gasteiger partial charge is 0.340 e. The van der Waals surface area contributed by atoms with Crippen LogP contribution in [-0.2, 0) is 6.54 Å². The van der Waals surface area contributed by atoms with Crippen molar-refractivity contribution >= 4 is 11.8 Å². The number of carbonyl (C=O) groups is 2. The summed E-state index contributed by atoms with van der Waals surface area (Å²) < 4.78 is 0. The fourth-order valence-corrected chi connectivity index (χ4v) is 2.81. The maximum atomic E-state index is 13.1. The molecule has 2 rings (SSSR count). The molecule has 0 radical (unpaired) electrons. The average molecular weight is 367 g/mol. The summed E-state index contributed by atoms with van der Waals surface area (Å²) in [6.45, 7) is 7.28. The third kappa shape index (κ3) is 5.64. The molecular formula is C22H29N3O2. The van der Waals surface area contributed by atoms with E-state index >= 15 is 0 Å². The van der Waals surface area contributed by atoms with Crippen LogP contribution in [0.4, 0.5) is 0 Å². The van der Waals surface area contributed by atoms with Gasteiger partial charge >= 0.3 is 0 Å². The number of hydrogen-bond donors (Lipinski definition) is 0. The lowest BCUT2D eigenvalue weighted by atomic mass is 10.1. The van der Waals surface area contributed by atoms with Crippen LogP contribution in [0.5, 0.6) is 0 Å². The average Bonchev–Trinajstić information content (AvgIpc) is 2.69. The molecule has 0 N–H and O–H groups in total. The molecule has 2 aromatic rings. The predicted molar refractivity (Wildman–Crippen MR) is 108 cm³/mol. The maximum Gasteiger partial charge on any atom is 0.272 e. The number of amides is 2. The molecule has 0 unspecified atom stereocenters. The lowest BCUT2D eigenvalue weighted by Gasteiger charge is -2.27. The minimum atomic E-state index is -0.155. The van der Waals surface area contributed by atoms with E-state index in [1.807, 2.05) is 44.2 Å². The Morgan fingerprint density at radius 3 is 2.41 bits per heavy atom. The summed E-state index contributed by atoms with van der Waals surface area (Å²) in [6.07, 6.45) is 3.50. The van der Waals surface area contributed by atoms with E-state index in [0.29, 0.717) is 24.3 Å². The van der Waals surface area contributed by atoms with Crippen molar-refractivity contribution in [3.8, 4) is 0 Å². The minimum absolute atomic E-state index is 0.0391. The number of pyridine rings is 1. The SMILES string of the molecule is CCCCN(C)C(=O)c1cc(C(=O)N(Cc2ccccc2)C(C)C)ccn1. The molecule has 1 heterocycles. The van der Waals surface area contributed by atoms with Gasteiger partial charge in [0, 0.05) is 37.9 Å². The van der Waals surface area contributed by atoms with E-state index in [4.69, 9.17) is 0 Å². The quantitative estimate of drug-likeness (QED) is 0.708. The fraction of sp³-hybridized carbons (Fsp3) is 0.409. The Bertz CT molecular complexity index is 759. The zero-order valence-electron chi connectivity index (χ0n) is 16.7. The molecule has 0 spiro atoms. The summed E-state index contributed by atoms with van der Waals surface area (Å²) in [5.41, 5.74) is 1.87. The number of hydrogen-bond acceptors (Lipinski definition) is 3. The Morgan fingerprint density at radius 1 is 1.07 bits per heavy atom. The first-order valence-corrected chi connectivity index (χ1v) is 9.50. The summed E-state index contributed by atoms with van der Waals surface area (Å²) in [5, 5.41) is 0. The van der Waals surface area contributed by atoms with E-state index in [0.717, 1.165) is 18.4 Å². The van der Waals surface area contributed by atoms with Crippen molar-refractivity contribution in [2.45, 2.75) is 46.2 Å². The molecule has 27 heavy (non-hydrogen) atoms. The van der Waals surface area contributed by atoms with Crippen molar-refractivity contribution in [2.24, 2.45) is 0 Å². The van der Waals surface area contributed by atoms with Crippen molar-refractivity contribution in [2.75, 3.05) is 13.6 Å². The van der Waals surface area contributed by atoms with Crippen LogP contribution in [0.1, 0.15) is 60.0 Å². The van der Waals surface area contributed by atoms with Crippen LogP contribution in [-0.4, -0.2) is 46.2 Å². The van der Waals surface area contributed by atoms with E-state index in [2.05, 4.69) is 11.9 Å². The Morgan fingerprint density at radius 2 is 1.78 bits per heavy atom. The molecule has 0 saturated heterocycles. The van der Waals surface area contributed by atoms with E-state index in [-0.39, 0.29) is 17.9 Å².